The third-order valence-electron chi connectivity index (χ3n) is 4.53. The number of halogens is 1. The lowest BCUT2D eigenvalue weighted by atomic mass is 10.1. The number of piperidine rings is 1. The molecule has 0 spiro atoms. The van der Waals surface area contributed by atoms with Crippen molar-refractivity contribution in [3.63, 3.8) is 0 Å². The molecule has 2 N–H and O–H groups in total. The van der Waals surface area contributed by atoms with Crippen molar-refractivity contribution in [2.45, 2.75) is 25.4 Å². The van der Waals surface area contributed by atoms with Crippen LogP contribution in [0.3, 0.4) is 0 Å². The molecule has 138 valence electrons. The van der Waals surface area contributed by atoms with Crippen LogP contribution in [-0.4, -0.2) is 37.1 Å². The van der Waals surface area contributed by atoms with Crippen molar-refractivity contribution in [1.29, 1.82) is 0 Å². The molecule has 2 aromatic rings. The maximum absolute atomic E-state index is 12.2. The summed E-state index contributed by atoms with van der Waals surface area (Å²) in [5.41, 5.74) is 0.761. The number of nitrogens with zero attached hydrogens (tertiary/aromatic N) is 1. The van der Waals surface area contributed by atoms with Gasteiger partial charge in [-0.15, -0.1) is 0 Å². The fourth-order valence-corrected chi connectivity index (χ4v) is 3.21. The van der Waals surface area contributed by atoms with Gasteiger partial charge in [-0.05, 0) is 57.2 Å². The Morgan fingerprint density at radius 3 is 2.62 bits per heavy atom. The molecule has 0 bridgehead atoms. The number of carbonyl (C=O) groups is 1. The lowest BCUT2D eigenvalue weighted by Crippen LogP contribution is -2.46. The molecule has 26 heavy (non-hydrogen) atoms. The van der Waals surface area contributed by atoms with Crippen LogP contribution in [0, 0.1) is 0 Å². The Morgan fingerprint density at radius 1 is 1.15 bits per heavy atom. The van der Waals surface area contributed by atoms with Gasteiger partial charge in [0.2, 0.25) is 0 Å². The molecule has 0 aliphatic carbocycles. The molecule has 3 rings (SSSR count). The second kappa shape index (κ2) is 8.92. The average Bonchev–Trinajstić information content (AvgIpc) is 2.64. The van der Waals surface area contributed by atoms with Gasteiger partial charge in [-0.2, -0.15) is 0 Å². The summed E-state index contributed by atoms with van der Waals surface area (Å²) < 4.78 is 5.92. The van der Waals surface area contributed by atoms with E-state index in [0.29, 0.717) is 17.3 Å². The molecule has 1 fully saturated rings. The number of benzene rings is 2. The first-order valence-electron chi connectivity index (χ1n) is 8.85. The lowest BCUT2D eigenvalue weighted by molar-refractivity contribution is 0.213. The summed E-state index contributed by atoms with van der Waals surface area (Å²) in [5.74, 6) is 1.37. The number of amides is 2. The zero-order chi connectivity index (χ0) is 18.4. The number of rotatable bonds is 5. The molecule has 0 unspecified atom stereocenters. The number of likely N-dealkylation sites (tertiary alicyclic amines) is 1. The van der Waals surface area contributed by atoms with E-state index in [2.05, 4.69) is 22.6 Å². The van der Waals surface area contributed by atoms with Crippen molar-refractivity contribution >= 4 is 17.6 Å². The van der Waals surface area contributed by atoms with Crippen LogP contribution in [-0.2, 0) is 6.54 Å². The molecule has 1 saturated heterocycles. The molecule has 0 aromatic heterocycles. The highest BCUT2D eigenvalue weighted by Gasteiger charge is 2.18. The van der Waals surface area contributed by atoms with Gasteiger partial charge in [-0.25, -0.2) is 4.79 Å². The Morgan fingerprint density at radius 2 is 1.88 bits per heavy atom. The maximum atomic E-state index is 12.2. The lowest BCUT2D eigenvalue weighted by Gasteiger charge is -2.29. The highest BCUT2D eigenvalue weighted by Crippen LogP contribution is 2.30. The van der Waals surface area contributed by atoms with Gasteiger partial charge in [-0.1, -0.05) is 35.9 Å². The first-order valence-corrected chi connectivity index (χ1v) is 9.23. The average molecular weight is 374 g/mol. The zero-order valence-corrected chi connectivity index (χ0v) is 15.6. The molecular weight excluding hydrogens is 350 g/mol. The number of ether oxygens (including phenoxy) is 1. The van der Waals surface area contributed by atoms with Gasteiger partial charge in [0.05, 0.1) is 0 Å². The Hall–Kier alpha value is -2.24. The fraction of sp³-hybridized carbons (Fsp3) is 0.350. The Labute approximate surface area is 159 Å². The van der Waals surface area contributed by atoms with Crippen molar-refractivity contribution in [2.24, 2.45) is 0 Å². The van der Waals surface area contributed by atoms with Crippen molar-refractivity contribution in [2.75, 3.05) is 20.1 Å². The monoisotopic (exact) mass is 373 g/mol. The van der Waals surface area contributed by atoms with Crippen LogP contribution < -0.4 is 15.4 Å². The van der Waals surface area contributed by atoms with Gasteiger partial charge in [0.1, 0.15) is 11.5 Å². The van der Waals surface area contributed by atoms with Crippen molar-refractivity contribution in [3.05, 3.63) is 59.1 Å². The summed E-state index contributed by atoms with van der Waals surface area (Å²) >= 11 is 6.33. The number of para-hydroxylation sites is 1. The second-order valence-corrected chi connectivity index (χ2v) is 6.94. The van der Waals surface area contributed by atoms with E-state index >= 15 is 0 Å². The molecule has 2 amide bonds. The number of hydrogen-bond acceptors (Lipinski definition) is 3. The minimum atomic E-state index is -0.176. The van der Waals surface area contributed by atoms with Gasteiger partial charge >= 0.3 is 6.03 Å². The number of nitrogens with one attached hydrogen (secondary N) is 2. The molecule has 0 atom stereocenters. The van der Waals surface area contributed by atoms with Crippen LogP contribution in [0.15, 0.2) is 48.5 Å². The molecule has 0 radical (unpaired) electrons. The summed E-state index contributed by atoms with van der Waals surface area (Å²) in [7, 11) is 2.10. The van der Waals surface area contributed by atoms with Gasteiger partial charge in [0.15, 0.2) is 0 Å². The van der Waals surface area contributed by atoms with Crippen LogP contribution in [0.25, 0.3) is 0 Å². The van der Waals surface area contributed by atoms with E-state index in [0.717, 1.165) is 37.2 Å². The topological polar surface area (TPSA) is 53.6 Å². The number of carbonyl (C=O) groups excluding carboxylic acids is 1. The van der Waals surface area contributed by atoms with Crippen molar-refractivity contribution < 1.29 is 9.53 Å². The Balaban J connectivity index is 1.59. The maximum Gasteiger partial charge on any atom is 0.315 e. The fourth-order valence-electron chi connectivity index (χ4n) is 2.98. The highest BCUT2D eigenvalue weighted by atomic mass is 35.5. The first kappa shape index (κ1) is 18.5. The summed E-state index contributed by atoms with van der Waals surface area (Å²) in [6.45, 7) is 2.31. The van der Waals surface area contributed by atoms with E-state index in [-0.39, 0.29) is 12.1 Å². The van der Waals surface area contributed by atoms with Crippen molar-refractivity contribution in [1.82, 2.24) is 15.5 Å². The molecule has 1 aliphatic heterocycles. The molecular formula is C20H24ClN3O2. The van der Waals surface area contributed by atoms with E-state index in [1.54, 1.807) is 6.07 Å². The van der Waals surface area contributed by atoms with Crippen LogP contribution in [0.4, 0.5) is 4.79 Å². The van der Waals surface area contributed by atoms with E-state index in [4.69, 9.17) is 16.3 Å². The third-order valence-corrected chi connectivity index (χ3v) is 4.88. The normalized spacial score (nSPS) is 15.5. The highest BCUT2D eigenvalue weighted by molar-refractivity contribution is 6.31. The van der Waals surface area contributed by atoms with Crippen molar-refractivity contribution in [3.8, 4) is 11.5 Å². The van der Waals surface area contributed by atoms with Gasteiger partial charge in [0, 0.05) is 23.2 Å². The number of hydrogen-bond donors (Lipinski definition) is 2. The summed E-state index contributed by atoms with van der Waals surface area (Å²) in [5, 5.41) is 6.50. The quantitative estimate of drug-likeness (QED) is 0.832. The summed E-state index contributed by atoms with van der Waals surface area (Å²) in [6, 6.07) is 15.0. The minimum absolute atomic E-state index is 0.176. The molecule has 5 nitrogen and oxygen atoms in total. The third kappa shape index (κ3) is 5.13. The first-order chi connectivity index (χ1) is 12.6. The minimum Gasteiger partial charge on any atom is -0.457 e. The van der Waals surface area contributed by atoms with E-state index in [1.807, 2.05) is 42.5 Å². The molecule has 6 heteroatoms. The summed E-state index contributed by atoms with van der Waals surface area (Å²) in [4.78, 5) is 14.5. The predicted molar refractivity (Wildman–Crippen MR) is 104 cm³/mol. The molecule has 0 saturated carbocycles. The van der Waals surface area contributed by atoms with Gasteiger partial charge in [0.25, 0.3) is 0 Å². The standard InChI is InChI=1S/C20H24ClN3O2/c1-24-12-10-15(11-13-24)23-20(25)22-14-17-18(21)8-5-9-19(17)26-16-6-3-2-4-7-16/h2-9,15H,10-14H2,1H3,(H2,22,23,25). The Bertz CT molecular complexity index is 731. The smallest absolute Gasteiger partial charge is 0.315 e. The van der Waals surface area contributed by atoms with E-state index in [1.165, 1.54) is 0 Å². The molecule has 2 aromatic carbocycles. The van der Waals surface area contributed by atoms with E-state index in [9.17, 15) is 4.79 Å². The summed E-state index contributed by atoms with van der Waals surface area (Å²) in [6.07, 6.45) is 1.94. The van der Waals surface area contributed by atoms with Crippen LogP contribution in [0.2, 0.25) is 5.02 Å². The molecule has 1 heterocycles. The van der Waals surface area contributed by atoms with Gasteiger partial charge in [-0.3, -0.25) is 0 Å². The van der Waals surface area contributed by atoms with Crippen LogP contribution in [0.5, 0.6) is 11.5 Å². The number of urea groups is 1. The van der Waals surface area contributed by atoms with Crippen LogP contribution >= 0.6 is 11.6 Å². The van der Waals surface area contributed by atoms with E-state index < -0.39 is 0 Å². The SMILES string of the molecule is CN1CCC(NC(=O)NCc2c(Cl)cccc2Oc2ccccc2)CC1. The zero-order valence-electron chi connectivity index (χ0n) is 14.9. The Kier molecular flexibility index (Phi) is 6.36. The molecule has 1 aliphatic rings. The second-order valence-electron chi connectivity index (χ2n) is 6.54. The predicted octanol–water partition coefficient (Wildman–Crippen LogP) is 4.03. The largest absolute Gasteiger partial charge is 0.457 e. The van der Waals surface area contributed by atoms with Crippen LogP contribution in [0.1, 0.15) is 18.4 Å². The van der Waals surface area contributed by atoms with Gasteiger partial charge < -0.3 is 20.3 Å².